The number of rotatable bonds is 7. The van der Waals surface area contributed by atoms with E-state index in [1.54, 1.807) is 6.20 Å². The highest BCUT2D eigenvalue weighted by Crippen LogP contribution is 2.32. The van der Waals surface area contributed by atoms with Gasteiger partial charge in [0.15, 0.2) is 0 Å². The molecule has 3 N–H and O–H groups in total. The predicted octanol–water partition coefficient (Wildman–Crippen LogP) is 4.10. The minimum Gasteiger partial charge on any atom is -0.487 e. The van der Waals surface area contributed by atoms with E-state index in [1.807, 2.05) is 54.6 Å². The molecule has 32 heavy (non-hydrogen) atoms. The minimum absolute atomic E-state index is 0.0209. The molecule has 2 aromatic heterocycles. The number of aromatic nitrogens is 3. The van der Waals surface area contributed by atoms with E-state index in [4.69, 9.17) is 19.9 Å². The number of nitrogens with one attached hydrogen (secondary N) is 1. The van der Waals surface area contributed by atoms with E-state index in [0.717, 1.165) is 34.5 Å². The molecule has 1 unspecified atom stereocenters. The van der Waals surface area contributed by atoms with Gasteiger partial charge in [0, 0.05) is 29.8 Å². The third-order valence-corrected chi connectivity index (χ3v) is 5.18. The molecule has 5 rings (SSSR count). The van der Waals surface area contributed by atoms with E-state index >= 15 is 0 Å². The molecule has 1 atom stereocenters. The Bertz CT molecular complexity index is 1200. The summed E-state index contributed by atoms with van der Waals surface area (Å²) in [6.07, 6.45) is 4.15. The van der Waals surface area contributed by atoms with Crippen molar-refractivity contribution in [2.24, 2.45) is 0 Å². The molecule has 8 heteroatoms. The number of hydrogen-bond donors (Lipinski definition) is 2. The quantitative estimate of drug-likeness (QED) is 0.423. The summed E-state index contributed by atoms with van der Waals surface area (Å²) in [4.78, 5) is 13.0. The highest BCUT2D eigenvalue weighted by Gasteiger charge is 2.19. The third-order valence-electron chi connectivity index (χ3n) is 5.18. The van der Waals surface area contributed by atoms with Gasteiger partial charge < -0.3 is 25.3 Å². The zero-order valence-electron chi connectivity index (χ0n) is 17.4. The van der Waals surface area contributed by atoms with Gasteiger partial charge in [0.1, 0.15) is 36.4 Å². The van der Waals surface area contributed by atoms with Crippen molar-refractivity contribution in [3.8, 4) is 11.5 Å². The van der Waals surface area contributed by atoms with Crippen LogP contribution in [0.25, 0.3) is 10.9 Å². The van der Waals surface area contributed by atoms with Crippen LogP contribution >= 0.6 is 0 Å². The number of benzene rings is 2. The minimum atomic E-state index is 0.0209. The summed E-state index contributed by atoms with van der Waals surface area (Å²) < 4.78 is 17.2. The fourth-order valence-corrected chi connectivity index (χ4v) is 3.50. The molecular weight excluding hydrogens is 406 g/mol. The topological polar surface area (TPSA) is 104 Å². The maximum Gasteiger partial charge on any atom is 0.144 e. The summed E-state index contributed by atoms with van der Waals surface area (Å²) in [7, 11) is 0. The predicted molar refractivity (Wildman–Crippen MR) is 122 cm³/mol. The average Bonchev–Trinajstić information content (AvgIpc) is 3.34. The smallest absolute Gasteiger partial charge is 0.144 e. The molecule has 0 aliphatic carbocycles. The van der Waals surface area contributed by atoms with Crippen LogP contribution in [0, 0.1) is 0 Å². The largest absolute Gasteiger partial charge is 0.487 e. The number of ether oxygens (including phenoxy) is 3. The first kappa shape index (κ1) is 20.0. The second kappa shape index (κ2) is 9.07. The van der Waals surface area contributed by atoms with Crippen LogP contribution in [0.15, 0.2) is 67.1 Å². The maximum atomic E-state index is 6.26. The van der Waals surface area contributed by atoms with Crippen molar-refractivity contribution in [3.05, 3.63) is 72.8 Å². The molecule has 0 amide bonds. The molecule has 0 saturated carbocycles. The van der Waals surface area contributed by atoms with Crippen LogP contribution in [0.3, 0.4) is 0 Å². The molecule has 1 fully saturated rings. The van der Waals surface area contributed by atoms with Crippen molar-refractivity contribution in [3.63, 3.8) is 0 Å². The van der Waals surface area contributed by atoms with Gasteiger partial charge in [0.05, 0.1) is 30.1 Å². The molecule has 1 aliphatic heterocycles. The van der Waals surface area contributed by atoms with Crippen LogP contribution in [0.1, 0.15) is 12.1 Å². The molecule has 162 valence electrons. The zero-order valence-corrected chi connectivity index (χ0v) is 17.4. The van der Waals surface area contributed by atoms with E-state index < -0.39 is 0 Å². The summed E-state index contributed by atoms with van der Waals surface area (Å²) in [5.41, 5.74) is 9.30. The van der Waals surface area contributed by atoms with Crippen LogP contribution in [0.4, 0.5) is 17.2 Å². The highest BCUT2D eigenvalue weighted by atomic mass is 16.5. The van der Waals surface area contributed by atoms with Gasteiger partial charge in [-0.3, -0.25) is 4.98 Å². The molecule has 1 aliphatic rings. The van der Waals surface area contributed by atoms with Crippen LogP contribution in [-0.2, 0) is 11.3 Å². The van der Waals surface area contributed by atoms with E-state index in [1.165, 1.54) is 6.33 Å². The number of fused-ring (bicyclic) bond motifs is 1. The maximum absolute atomic E-state index is 6.26. The third kappa shape index (κ3) is 4.55. The standard InChI is InChI=1S/C24H23N5O3/c25-21-11-20-22(12-23(21)32-19-8-10-30-14-19)27-15-28-24(20)29-16-4-6-18(7-5-16)31-13-17-3-1-2-9-26-17/h1-7,9,11-12,15,19H,8,10,13-14,25H2,(H,27,28,29). The summed E-state index contributed by atoms with van der Waals surface area (Å²) in [5, 5.41) is 4.15. The van der Waals surface area contributed by atoms with Crippen LogP contribution in [-0.4, -0.2) is 34.3 Å². The lowest BCUT2D eigenvalue weighted by molar-refractivity contribution is 0.142. The van der Waals surface area contributed by atoms with Gasteiger partial charge >= 0.3 is 0 Å². The second-order valence-electron chi connectivity index (χ2n) is 7.49. The number of nitrogen functional groups attached to an aromatic ring is 1. The van der Waals surface area contributed by atoms with Gasteiger partial charge in [-0.1, -0.05) is 6.07 Å². The van der Waals surface area contributed by atoms with E-state index in [9.17, 15) is 0 Å². The first-order chi connectivity index (χ1) is 15.7. The number of nitrogens with two attached hydrogens (primary N) is 1. The van der Waals surface area contributed by atoms with Crippen molar-refractivity contribution in [2.45, 2.75) is 19.1 Å². The van der Waals surface area contributed by atoms with Gasteiger partial charge in [-0.05, 0) is 42.5 Å². The Morgan fingerprint density at radius 2 is 1.97 bits per heavy atom. The van der Waals surface area contributed by atoms with Crippen molar-refractivity contribution >= 4 is 28.1 Å². The molecular formula is C24H23N5O3. The van der Waals surface area contributed by atoms with Crippen molar-refractivity contribution in [2.75, 3.05) is 24.3 Å². The Morgan fingerprint density at radius 3 is 2.75 bits per heavy atom. The number of nitrogens with zero attached hydrogens (tertiary/aromatic N) is 3. The molecule has 0 spiro atoms. The molecule has 8 nitrogen and oxygen atoms in total. The fourth-order valence-electron chi connectivity index (χ4n) is 3.50. The number of hydrogen-bond acceptors (Lipinski definition) is 8. The molecule has 3 heterocycles. The Balaban J connectivity index is 1.30. The van der Waals surface area contributed by atoms with Gasteiger partial charge in [0.25, 0.3) is 0 Å². The number of pyridine rings is 1. The number of anilines is 3. The second-order valence-corrected chi connectivity index (χ2v) is 7.49. The normalized spacial score (nSPS) is 15.6. The van der Waals surface area contributed by atoms with Gasteiger partial charge in [-0.15, -0.1) is 0 Å². The molecule has 4 aromatic rings. The monoisotopic (exact) mass is 429 g/mol. The average molecular weight is 429 g/mol. The SMILES string of the molecule is Nc1cc2c(Nc3ccc(OCc4ccccn4)cc3)ncnc2cc1OC1CCOC1. The Labute approximate surface area is 185 Å². The Morgan fingerprint density at radius 1 is 1.06 bits per heavy atom. The Kier molecular flexibility index (Phi) is 5.67. The molecule has 2 aromatic carbocycles. The zero-order chi connectivity index (χ0) is 21.8. The molecule has 1 saturated heterocycles. The van der Waals surface area contributed by atoms with Crippen LogP contribution in [0.2, 0.25) is 0 Å². The lowest BCUT2D eigenvalue weighted by atomic mass is 10.2. The molecule has 0 bridgehead atoms. The van der Waals surface area contributed by atoms with Gasteiger partial charge in [-0.25, -0.2) is 9.97 Å². The first-order valence-corrected chi connectivity index (χ1v) is 10.4. The summed E-state index contributed by atoms with van der Waals surface area (Å²) in [5.74, 6) is 2.04. The van der Waals surface area contributed by atoms with E-state index in [0.29, 0.717) is 37.1 Å². The van der Waals surface area contributed by atoms with E-state index in [2.05, 4.69) is 20.3 Å². The molecule has 0 radical (unpaired) electrons. The van der Waals surface area contributed by atoms with Crippen molar-refractivity contribution < 1.29 is 14.2 Å². The Hall–Kier alpha value is -3.91. The fraction of sp³-hybridized carbons (Fsp3) is 0.208. The summed E-state index contributed by atoms with van der Waals surface area (Å²) in [6, 6.07) is 17.1. The van der Waals surface area contributed by atoms with Crippen molar-refractivity contribution in [1.29, 1.82) is 0 Å². The van der Waals surface area contributed by atoms with Crippen LogP contribution < -0.4 is 20.5 Å². The van der Waals surface area contributed by atoms with Gasteiger partial charge in [0.2, 0.25) is 0 Å². The lowest BCUT2D eigenvalue weighted by Gasteiger charge is -2.15. The lowest BCUT2D eigenvalue weighted by Crippen LogP contribution is -2.16. The van der Waals surface area contributed by atoms with Gasteiger partial charge in [-0.2, -0.15) is 0 Å². The highest BCUT2D eigenvalue weighted by molar-refractivity contribution is 5.94. The van der Waals surface area contributed by atoms with Crippen LogP contribution in [0.5, 0.6) is 11.5 Å². The first-order valence-electron chi connectivity index (χ1n) is 10.4. The van der Waals surface area contributed by atoms with E-state index in [-0.39, 0.29) is 6.10 Å². The summed E-state index contributed by atoms with van der Waals surface area (Å²) in [6.45, 7) is 1.71. The van der Waals surface area contributed by atoms with Crippen molar-refractivity contribution in [1.82, 2.24) is 15.0 Å². The summed E-state index contributed by atoms with van der Waals surface area (Å²) >= 11 is 0.